The minimum atomic E-state index is 0.609. The SMILES string of the molecule is N#CC#Cc1ccc(C=O)cc1. The number of nitrogens with zero attached hydrogens (tertiary/aromatic N) is 1. The Bertz CT molecular complexity index is 373. The van der Waals surface area contributed by atoms with Crippen molar-refractivity contribution in [1.82, 2.24) is 0 Å². The van der Waals surface area contributed by atoms with Crippen LogP contribution in [0.4, 0.5) is 0 Å². The van der Waals surface area contributed by atoms with E-state index in [-0.39, 0.29) is 0 Å². The van der Waals surface area contributed by atoms with E-state index in [0.717, 1.165) is 11.8 Å². The van der Waals surface area contributed by atoms with Gasteiger partial charge in [-0.2, -0.15) is 5.26 Å². The van der Waals surface area contributed by atoms with E-state index in [4.69, 9.17) is 5.26 Å². The number of carbonyl (C=O) groups is 1. The molecule has 0 aliphatic heterocycles. The first kappa shape index (κ1) is 8.04. The minimum absolute atomic E-state index is 0.609. The van der Waals surface area contributed by atoms with Crippen LogP contribution in [0.3, 0.4) is 0 Å². The van der Waals surface area contributed by atoms with E-state index in [2.05, 4.69) is 11.8 Å². The number of hydrogen-bond donors (Lipinski definition) is 0. The summed E-state index contributed by atoms with van der Waals surface area (Å²) in [7, 11) is 0. The maximum Gasteiger partial charge on any atom is 0.152 e. The van der Waals surface area contributed by atoms with Crippen molar-refractivity contribution in [3.05, 3.63) is 35.4 Å². The molecule has 0 aliphatic carbocycles. The summed E-state index contributed by atoms with van der Waals surface area (Å²) in [6, 6.07) is 8.44. The average Bonchev–Trinajstić information content (AvgIpc) is 2.15. The Morgan fingerprint density at radius 2 is 1.92 bits per heavy atom. The number of rotatable bonds is 1. The second kappa shape index (κ2) is 3.95. The van der Waals surface area contributed by atoms with Gasteiger partial charge in [0.05, 0.1) is 0 Å². The van der Waals surface area contributed by atoms with Gasteiger partial charge < -0.3 is 0 Å². The van der Waals surface area contributed by atoms with Crippen molar-refractivity contribution in [3.8, 4) is 17.9 Å². The third kappa shape index (κ3) is 1.97. The van der Waals surface area contributed by atoms with E-state index < -0.39 is 0 Å². The van der Waals surface area contributed by atoms with Crippen molar-refractivity contribution >= 4 is 6.29 Å². The summed E-state index contributed by atoms with van der Waals surface area (Å²) in [6.45, 7) is 0. The van der Waals surface area contributed by atoms with Gasteiger partial charge in [0.2, 0.25) is 0 Å². The molecule has 0 radical (unpaired) electrons. The van der Waals surface area contributed by atoms with Gasteiger partial charge in [-0.3, -0.25) is 4.79 Å². The first-order valence-corrected chi connectivity index (χ1v) is 3.32. The normalized spacial score (nSPS) is 7.58. The fraction of sp³-hybridized carbons (Fsp3) is 0. The van der Waals surface area contributed by atoms with Gasteiger partial charge in [-0.1, -0.05) is 18.1 Å². The molecule has 2 heteroatoms. The lowest BCUT2D eigenvalue weighted by Gasteiger charge is -1.89. The highest BCUT2D eigenvalue weighted by Crippen LogP contribution is 1.99. The molecule has 0 atom stereocenters. The number of hydrogen-bond acceptors (Lipinski definition) is 2. The summed E-state index contributed by atoms with van der Waals surface area (Å²) >= 11 is 0. The second-order valence-corrected chi connectivity index (χ2v) is 2.10. The fourth-order valence-electron chi connectivity index (χ4n) is 0.745. The van der Waals surface area contributed by atoms with Crippen LogP contribution in [0.1, 0.15) is 15.9 Å². The monoisotopic (exact) mass is 155 g/mol. The van der Waals surface area contributed by atoms with Gasteiger partial charge in [0.1, 0.15) is 6.29 Å². The molecule has 0 spiro atoms. The Balaban J connectivity index is 2.94. The van der Waals surface area contributed by atoms with Crippen LogP contribution in [-0.4, -0.2) is 6.29 Å². The van der Waals surface area contributed by atoms with E-state index in [0.29, 0.717) is 5.56 Å². The van der Waals surface area contributed by atoms with E-state index in [1.807, 2.05) is 0 Å². The molecule has 56 valence electrons. The molecule has 0 aliphatic rings. The highest BCUT2D eigenvalue weighted by molar-refractivity contribution is 5.74. The van der Waals surface area contributed by atoms with Crippen LogP contribution >= 0.6 is 0 Å². The van der Waals surface area contributed by atoms with Crippen molar-refractivity contribution in [2.24, 2.45) is 0 Å². The Kier molecular flexibility index (Phi) is 2.65. The average molecular weight is 155 g/mol. The Morgan fingerprint density at radius 3 is 2.42 bits per heavy atom. The number of benzene rings is 1. The summed E-state index contributed by atoms with van der Waals surface area (Å²) in [5.74, 6) is 4.89. The molecule has 0 amide bonds. The lowest BCUT2D eigenvalue weighted by atomic mass is 10.1. The minimum Gasteiger partial charge on any atom is -0.298 e. The molecule has 1 aromatic carbocycles. The van der Waals surface area contributed by atoms with Crippen molar-refractivity contribution in [2.75, 3.05) is 0 Å². The molecular formula is C10H5NO. The maximum absolute atomic E-state index is 10.2. The number of nitriles is 1. The summed E-state index contributed by atoms with van der Waals surface area (Å²) in [5, 5.41) is 8.15. The molecule has 0 saturated heterocycles. The highest BCUT2D eigenvalue weighted by atomic mass is 16.1. The van der Waals surface area contributed by atoms with E-state index in [1.165, 1.54) is 0 Å². The molecule has 0 heterocycles. The standard InChI is InChI=1S/C10H5NO/c11-7-1-2-9-3-5-10(8-12)6-4-9/h3-6,8H. The van der Waals surface area contributed by atoms with Crippen molar-refractivity contribution in [1.29, 1.82) is 5.26 Å². The summed E-state index contributed by atoms with van der Waals surface area (Å²) in [6.07, 6.45) is 0.765. The van der Waals surface area contributed by atoms with Crippen LogP contribution in [0.15, 0.2) is 24.3 Å². The molecule has 0 N–H and O–H groups in total. The van der Waals surface area contributed by atoms with E-state index in [1.54, 1.807) is 30.3 Å². The fourth-order valence-corrected chi connectivity index (χ4v) is 0.745. The predicted octanol–water partition coefficient (Wildman–Crippen LogP) is 1.37. The Morgan fingerprint density at radius 1 is 1.25 bits per heavy atom. The molecule has 12 heavy (non-hydrogen) atoms. The molecule has 1 rings (SSSR count). The van der Waals surface area contributed by atoms with Crippen LogP contribution in [0.2, 0.25) is 0 Å². The third-order valence-corrected chi connectivity index (χ3v) is 1.31. The summed E-state index contributed by atoms with van der Waals surface area (Å²) in [5.41, 5.74) is 1.35. The molecule has 0 unspecified atom stereocenters. The van der Waals surface area contributed by atoms with Gasteiger partial charge >= 0.3 is 0 Å². The van der Waals surface area contributed by atoms with Gasteiger partial charge in [-0.05, 0) is 12.1 Å². The zero-order valence-corrected chi connectivity index (χ0v) is 6.24. The lowest BCUT2D eigenvalue weighted by molar-refractivity contribution is 0.112. The molecule has 0 bridgehead atoms. The van der Waals surface area contributed by atoms with E-state index >= 15 is 0 Å². The van der Waals surface area contributed by atoms with Crippen molar-refractivity contribution < 1.29 is 4.79 Å². The van der Waals surface area contributed by atoms with Crippen LogP contribution in [0.5, 0.6) is 0 Å². The topological polar surface area (TPSA) is 40.9 Å². The molecule has 0 saturated carbocycles. The molecule has 2 nitrogen and oxygen atoms in total. The second-order valence-electron chi connectivity index (χ2n) is 2.10. The first-order chi connectivity index (χ1) is 5.86. The first-order valence-electron chi connectivity index (χ1n) is 3.32. The Hall–Kier alpha value is -2.06. The molecular weight excluding hydrogens is 150 g/mol. The van der Waals surface area contributed by atoms with Crippen LogP contribution < -0.4 is 0 Å². The predicted molar refractivity (Wildman–Crippen MR) is 44.3 cm³/mol. The summed E-state index contributed by atoms with van der Waals surface area (Å²) in [4.78, 5) is 10.2. The number of aldehydes is 1. The zero-order chi connectivity index (χ0) is 8.81. The van der Waals surface area contributed by atoms with Gasteiger partial charge in [0.25, 0.3) is 0 Å². The molecule has 1 aromatic rings. The third-order valence-electron chi connectivity index (χ3n) is 1.31. The largest absolute Gasteiger partial charge is 0.298 e. The van der Waals surface area contributed by atoms with Gasteiger partial charge in [0, 0.05) is 17.0 Å². The van der Waals surface area contributed by atoms with Crippen LogP contribution in [-0.2, 0) is 0 Å². The smallest absolute Gasteiger partial charge is 0.152 e. The van der Waals surface area contributed by atoms with Gasteiger partial charge in [-0.15, -0.1) is 0 Å². The van der Waals surface area contributed by atoms with Crippen LogP contribution in [0, 0.1) is 23.2 Å². The quantitative estimate of drug-likeness (QED) is 0.454. The summed E-state index contributed by atoms with van der Waals surface area (Å²) < 4.78 is 0. The number of carbonyl (C=O) groups excluding carboxylic acids is 1. The Labute approximate surface area is 70.4 Å². The molecule has 0 aromatic heterocycles. The zero-order valence-electron chi connectivity index (χ0n) is 6.24. The van der Waals surface area contributed by atoms with Gasteiger partial charge in [0.15, 0.2) is 6.07 Å². The van der Waals surface area contributed by atoms with E-state index in [9.17, 15) is 4.79 Å². The van der Waals surface area contributed by atoms with Crippen LogP contribution in [0.25, 0.3) is 0 Å². The highest BCUT2D eigenvalue weighted by Gasteiger charge is 1.88. The van der Waals surface area contributed by atoms with Crippen molar-refractivity contribution in [3.63, 3.8) is 0 Å². The van der Waals surface area contributed by atoms with Gasteiger partial charge in [-0.25, -0.2) is 0 Å². The lowest BCUT2D eigenvalue weighted by Crippen LogP contribution is -1.79. The maximum atomic E-state index is 10.2. The van der Waals surface area contributed by atoms with Crippen molar-refractivity contribution in [2.45, 2.75) is 0 Å². The molecule has 0 fully saturated rings.